The molecule has 0 spiro atoms. The fourth-order valence-corrected chi connectivity index (χ4v) is 15.5. The van der Waals surface area contributed by atoms with Crippen LogP contribution in [0.15, 0.2) is 0 Å². The van der Waals surface area contributed by atoms with Crippen molar-refractivity contribution in [1.29, 1.82) is 0 Å². The number of unbranched alkanes of at least 4 members (excludes halogenated alkanes) is 58. The molecule has 0 aliphatic carbocycles. The third-order valence-electron chi connectivity index (χ3n) is 21.0. The lowest BCUT2D eigenvalue weighted by molar-refractivity contribution is -0.161. The normalized spacial score (nSPS) is 13.8. The molecule has 5 atom stereocenters. The molecule has 0 heterocycles. The molecule has 0 bridgehead atoms. The first kappa shape index (κ1) is 106. The van der Waals surface area contributed by atoms with Crippen LogP contribution >= 0.6 is 15.6 Å². The third-order valence-corrected chi connectivity index (χ3v) is 22.9. The van der Waals surface area contributed by atoms with E-state index in [9.17, 15) is 43.2 Å². The van der Waals surface area contributed by atoms with E-state index in [0.29, 0.717) is 25.7 Å². The number of hydrogen-bond donors (Lipinski definition) is 3. The maximum Gasteiger partial charge on any atom is 0.472 e. The summed E-state index contributed by atoms with van der Waals surface area (Å²) in [6, 6.07) is 0. The second-order valence-corrected chi connectivity index (χ2v) is 35.8. The molecule has 0 fully saturated rings. The van der Waals surface area contributed by atoms with Gasteiger partial charge in [0.15, 0.2) is 12.2 Å². The highest BCUT2D eigenvalue weighted by atomic mass is 31.2. The molecule has 0 radical (unpaired) electrons. The van der Waals surface area contributed by atoms with Crippen molar-refractivity contribution >= 4 is 39.5 Å². The first-order chi connectivity index (χ1) is 52.4. The van der Waals surface area contributed by atoms with Gasteiger partial charge in [-0.3, -0.25) is 37.3 Å². The van der Waals surface area contributed by atoms with Crippen molar-refractivity contribution < 1.29 is 80.2 Å². The molecule has 0 rings (SSSR count). The molecule has 108 heavy (non-hydrogen) atoms. The molecule has 642 valence electrons. The minimum absolute atomic E-state index is 0.106. The van der Waals surface area contributed by atoms with Crippen molar-refractivity contribution in [2.24, 2.45) is 11.8 Å². The zero-order valence-corrected chi connectivity index (χ0v) is 73.0. The van der Waals surface area contributed by atoms with E-state index < -0.39 is 97.5 Å². The molecule has 2 unspecified atom stereocenters. The van der Waals surface area contributed by atoms with E-state index in [4.69, 9.17) is 37.0 Å². The van der Waals surface area contributed by atoms with Crippen LogP contribution in [0.4, 0.5) is 0 Å². The Bertz CT molecular complexity index is 2060. The van der Waals surface area contributed by atoms with Crippen LogP contribution < -0.4 is 0 Å². The highest BCUT2D eigenvalue weighted by Crippen LogP contribution is 2.45. The van der Waals surface area contributed by atoms with E-state index in [0.717, 1.165) is 102 Å². The van der Waals surface area contributed by atoms with E-state index in [-0.39, 0.29) is 25.7 Å². The van der Waals surface area contributed by atoms with Gasteiger partial charge in [0.2, 0.25) is 0 Å². The first-order valence-corrected chi connectivity index (χ1v) is 49.0. The van der Waals surface area contributed by atoms with Crippen molar-refractivity contribution in [3.63, 3.8) is 0 Å². The average Bonchev–Trinajstić information content (AvgIpc) is 0.899. The van der Waals surface area contributed by atoms with E-state index >= 15 is 0 Å². The van der Waals surface area contributed by atoms with Gasteiger partial charge in [0.05, 0.1) is 26.4 Å². The number of aliphatic hydroxyl groups is 1. The minimum atomic E-state index is -4.97. The number of phosphoric acid groups is 2. The Morgan fingerprint density at radius 3 is 0.630 bits per heavy atom. The van der Waals surface area contributed by atoms with Gasteiger partial charge in [0, 0.05) is 25.7 Å². The zero-order chi connectivity index (χ0) is 79.2. The highest BCUT2D eigenvalue weighted by molar-refractivity contribution is 7.47. The first-order valence-electron chi connectivity index (χ1n) is 46.0. The molecule has 3 N–H and O–H groups in total. The van der Waals surface area contributed by atoms with Gasteiger partial charge < -0.3 is 33.8 Å². The average molecular weight is 1580 g/mol. The van der Waals surface area contributed by atoms with Gasteiger partial charge in [0.1, 0.15) is 19.3 Å². The second kappa shape index (κ2) is 80.3. The fourth-order valence-electron chi connectivity index (χ4n) is 14.0. The van der Waals surface area contributed by atoms with Gasteiger partial charge in [-0.25, -0.2) is 9.13 Å². The molecule has 0 saturated carbocycles. The van der Waals surface area contributed by atoms with Crippen molar-refractivity contribution in [3.8, 4) is 0 Å². The van der Waals surface area contributed by atoms with Crippen molar-refractivity contribution in [2.75, 3.05) is 39.6 Å². The molecule has 0 aromatic carbocycles. The molecule has 0 aliphatic heterocycles. The predicted molar refractivity (Wildman–Crippen MR) is 446 cm³/mol. The van der Waals surface area contributed by atoms with E-state index in [1.165, 1.54) is 295 Å². The van der Waals surface area contributed by atoms with Crippen LogP contribution in [0.1, 0.15) is 478 Å². The summed E-state index contributed by atoms with van der Waals surface area (Å²) in [7, 11) is -9.93. The summed E-state index contributed by atoms with van der Waals surface area (Å²) in [6.45, 7) is 9.66. The summed E-state index contributed by atoms with van der Waals surface area (Å²) in [6.07, 6.45) is 73.8. The van der Waals surface area contributed by atoms with Crippen molar-refractivity contribution in [1.82, 2.24) is 0 Å². The Kier molecular flexibility index (Phi) is 78.8. The standard InChI is InChI=1S/C89H174O17P2/c1-7-9-11-13-15-17-19-21-23-25-27-29-31-33-35-37-41-47-53-59-65-71-86(91)99-77-84(105-88(93)73-67-61-55-48-42-38-36-34-32-30-28-26-24-22-20-18-16-14-12-10-8-2)79-103-107(95,96)101-75-83(90)76-102-108(97,98)104-80-85(78-100-87(92)72-66-60-54-50-44-46-52-58-64-70-82(5)6)106-89(94)74-68-62-56-49-43-39-40-45-51-57-63-69-81(3)4/h81-85,90H,7-80H2,1-6H3,(H,95,96)(H,97,98)/t83-,84-,85-/m1/s1. The fraction of sp³-hybridized carbons (Fsp3) is 0.955. The number of esters is 4. The lowest BCUT2D eigenvalue weighted by atomic mass is 10.0. The SMILES string of the molecule is CCCCCCCCCCCCCCCCCCCCCCCC(=O)OC[C@H](COP(=O)(O)OC[C@@H](O)COP(=O)(O)OC[C@@H](COC(=O)CCCCCCCCCCCC(C)C)OC(=O)CCCCCCCCCCCCCC(C)C)OC(=O)CCCCCCCCCCCCCCCCCCCCCCC. The van der Waals surface area contributed by atoms with Crippen LogP contribution in [-0.2, 0) is 65.4 Å². The Balaban J connectivity index is 5.23. The van der Waals surface area contributed by atoms with Gasteiger partial charge in [0.25, 0.3) is 0 Å². The maximum absolute atomic E-state index is 13.2. The number of carbonyl (C=O) groups is 4. The van der Waals surface area contributed by atoms with Crippen LogP contribution in [0.25, 0.3) is 0 Å². The largest absolute Gasteiger partial charge is 0.472 e. The van der Waals surface area contributed by atoms with E-state index in [1.807, 2.05) is 0 Å². The molecule has 0 aliphatic rings. The lowest BCUT2D eigenvalue weighted by Crippen LogP contribution is -2.30. The van der Waals surface area contributed by atoms with Crippen molar-refractivity contribution in [3.05, 3.63) is 0 Å². The van der Waals surface area contributed by atoms with Gasteiger partial charge in [-0.2, -0.15) is 0 Å². The summed E-state index contributed by atoms with van der Waals surface area (Å²) in [5.41, 5.74) is 0. The molecule has 0 aromatic rings. The molecule has 0 saturated heterocycles. The Morgan fingerprint density at radius 1 is 0.250 bits per heavy atom. The molecule has 0 amide bonds. The van der Waals surface area contributed by atoms with Crippen molar-refractivity contribution in [2.45, 2.75) is 496 Å². The summed E-state index contributed by atoms with van der Waals surface area (Å²) in [5, 5.41) is 10.7. The predicted octanol–water partition coefficient (Wildman–Crippen LogP) is 27.4. The second-order valence-electron chi connectivity index (χ2n) is 32.9. The Labute approximate surface area is 664 Å². The van der Waals surface area contributed by atoms with Gasteiger partial charge >= 0.3 is 39.5 Å². The zero-order valence-electron chi connectivity index (χ0n) is 71.2. The molecule has 17 nitrogen and oxygen atoms in total. The van der Waals surface area contributed by atoms with Crippen LogP contribution in [0.2, 0.25) is 0 Å². The third kappa shape index (κ3) is 82.1. The monoisotopic (exact) mass is 1580 g/mol. The Morgan fingerprint density at radius 2 is 0.426 bits per heavy atom. The van der Waals surface area contributed by atoms with Gasteiger partial charge in [-0.05, 0) is 37.5 Å². The summed E-state index contributed by atoms with van der Waals surface area (Å²) in [4.78, 5) is 73.3. The van der Waals surface area contributed by atoms with Crippen LogP contribution in [0.3, 0.4) is 0 Å². The molecule has 19 heteroatoms. The van der Waals surface area contributed by atoms with Crippen LogP contribution in [0.5, 0.6) is 0 Å². The minimum Gasteiger partial charge on any atom is -0.462 e. The highest BCUT2D eigenvalue weighted by Gasteiger charge is 2.31. The van der Waals surface area contributed by atoms with Gasteiger partial charge in [-0.1, -0.05) is 427 Å². The number of phosphoric ester groups is 2. The topological polar surface area (TPSA) is 237 Å². The summed E-state index contributed by atoms with van der Waals surface area (Å²) >= 11 is 0. The number of ether oxygens (including phenoxy) is 4. The van der Waals surface area contributed by atoms with Crippen LogP contribution in [-0.4, -0.2) is 96.7 Å². The summed E-state index contributed by atoms with van der Waals surface area (Å²) in [5.74, 6) is -0.591. The maximum atomic E-state index is 13.2. The van der Waals surface area contributed by atoms with E-state index in [2.05, 4.69) is 41.5 Å². The smallest absolute Gasteiger partial charge is 0.462 e. The number of rotatable bonds is 88. The number of aliphatic hydroxyl groups excluding tert-OH is 1. The van der Waals surface area contributed by atoms with Crippen LogP contribution in [0, 0.1) is 11.8 Å². The summed E-state index contributed by atoms with van der Waals surface area (Å²) < 4.78 is 69.0. The quantitative estimate of drug-likeness (QED) is 0.0222. The molecule has 0 aromatic heterocycles. The van der Waals surface area contributed by atoms with Gasteiger partial charge in [-0.15, -0.1) is 0 Å². The molecular formula is C89H174O17P2. The lowest BCUT2D eigenvalue weighted by Gasteiger charge is -2.21. The Hall–Kier alpha value is -1.94. The van der Waals surface area contributed by atoms with E-state index in [1.54, 1.807) is 0 Å². The number of carbonyl (C=O) groups excluding carboxylic acids is 4. The molecular weight excluding hydrogens is 1400 g/mol. The number of hydrogen-bond acceptors (Lipinski definition) is 15.